The van der Waals surface area contributed by atoms with Crippen molar-refractivity contribution in [3.05, 3.63) is 182 Å². The Balaban J connectivity index is 1.04. The van der Waals surface area contributed by atoms with Crippen LogP contribution < -0.4 is 0 Å². The number of benzene rings is 8. The highest BCUT2D eigenvalue weighted by molar-refractivity contribution is 6.17. The van der Waals surface area contributed by atoms with Crippen LogP contribution in [0, 0.1) is 0 Å². The van der Waals surface area contributed by atoms with Crippen LogP contribution in [0.15, 0.2) is 191 Å². The van der Waals surface area contributed by atoms with E-state index in [2.05, 4.69) is 150 Å². The summed E-state index contributed by atoms with van der Waals surface area (Å²) in [6, 6.07) is 62.7. The molecule has 0 aliphatic rings. The lowest BCUT2D eigenvalue weighted by atomic mass is 10.0. The van der Waals surface area contributed by atoms with Gasteiger partial charge in [-0.05, 0) is 65.7 Å². The number of para-hydroxylation sites is 3. The van der Waals surface area contributed by atoms with Crippen molar-refractivity contribution < 1.29 is 8.83 Å². The zero-order valence-corrected chi connectivity index (χ0v) is 30.4. The van der Waals surface area contributed by atoms with Crippen LogP contribution in [0.1, 0.15) is 0 Å². The molecule has 0 unspecified atom stereocenters. The van der Waals surface area contributed by atoms with Crippen LogP contribution in [0.2, 0.25) is 0 Å². The van der Waals surface area contributed by atoms with E-state index in [4.69, 9.17) is 23.8 Å². The third-order valence-electron chi connectivity index (χ3n) is 11.1. The van der Waals surface area contributed by atoms with Gasteiger partial charge in [0.15, 0.2) is 17.5 Å². The van der Waals surface area contributed by atoms with Crippen molar-refractivity contribution in [1.82, 2.24) is 19.5 Å². The van der Waals surface area contributed by atoms with E-state index >= 15 is 0 Å². The van der Waals surface area contributed by atoms with E-state index in [-0.39, 0.29) is 0 Å². The molecule has 6 nitrogen and oxygen atoms in total. The Morgan fingerprint density at radius 1 is 0.333 bits per heavy atom. The lowest BCUT2D eigenvalue weighted by Gasteiger charge is -2.10. The molecule has 4 heterocycles. The first-order valence-corrected chi connectivity index (χ1v) is 19.0. The van der Waals surface area contributed by atoms with Gasteiger partial charge in [-0.25, -0.2) is 15.0 Å². The molecule has 0 N–H and O–H groups in total. The minimum absolute atomic E-state index is 0.556. The van der Waals surface area contributed by atoms with Crippen molar-refractivity contribution in [2.24, 2.45) is 0 Å². The van der Waals surface area contributed by atoms with E-state index in [0.717, 1.165) is 93.8 Å². The van der Waals surface area contributed by atoms with Crippen molar-refractivity contribution in [2.45, 2.75) is 0 Å². The zero-order chi connectivity index (χ0) is 37.5. The van der Waals surface area contributed by atoms with Crippen LogP contribution in [0.3, 0.4) is 0 Å². The Labute approximate surface area is 325 Å². The number of aromatic nitrogens is 4. The molecule has 0 fully saturated rings. The predicted octanol–water partition coefficient (Wildman–Crippen LogP) is 13.4. The molecule has 57 heavy (non-hydrogen) atoms. The summed E-state index contributed by atoms with van der Waals surface area (Å²) in [5, 5.41) is 6.40. The molecular formula is C51H30N4O2. The van der Waals surface area contributed by atoms with Gasteiger partial charge in [0, 0.05) is 54.7 Å². The lowest BCUT2D eigenvalue weighted by molar-refractivity contribution is 0.669. The maximum Gasteiger partial charge on any atom is 0.164 e. The van der Waals surface area contributed by atoms with Gasteiger partial charge in [-0.2, -0.15) is 0 Å². The van der Waals surface area contributed by atoms with Crippen molar-refractivity contribution in [3.8, 4) is 51.0 Å². The van der Waals surface area contributed by atoms with Gasteiger partial charge < -0.3 is 13.4 Å². The minimum atomic E-state index is 0.556. The molecule has 0 aliphatic heterocycles. The fraction of sp³-hybridized carbons (Fsp3) is 0. The van der Waals surface area contributed by atoms with Gasteiger partial charge in [-0.15, -0.1) is 0 Å². The lowest BCUT2D eigenvalue weighted by Crippen LogP contribution is -2.00. The molecule has 0 saturated heterocycles. The molecule has 0 bridgehead atoms. The first-order valence-electron chi connectivity index (χ1n) is 19.0. The van der Waals surface area contributed by atoms with Crippen molar-refractivity contribution in [1.29, 1.82) is 0 Å². The molecule has 0 amide bonds. The average molecular weight is 731 g/mol. The van der Waals surface area contributed by atoms with E-state index in [0.29, 0.717) is 17.5 Å². The number of nitrogens with zero attached hydrogens (tertiary/aromatic N) is 4. The van der Waals surface area contributed by atoms with Crippen LogP contribution in [-0.2, 0) is 0 Å². The zero-order valence-electron chi connectivity index (χ0n) is 30.4. The summed E-state index contributed by atoms with van der Waals surface area (Å²) < 4.78 is 15.3. The van der Waals surface area contributed by atoms with E-state index in [1.165, 1.54) is 5.39 Å². The number of furan rings is 2. The summed E-state index contributed by atoms with van der Waals surface area (Å²) in [5.41, 5.74) is 11.5. The van der Waals surface area contributed by atoms with Crippen LogP contribution in [0.4, 0.5) is 0 Å². The molecule has 4 aromatic heterocycles. The summed E-state index contributed by atoms with van der Waals surface area (Å²) in [4.78, 5) is 15.4. The van der Waals surface area contributed by atoms with E-state index in [1.807, 2.05) is 36.4 Å². The standard InChI is InChI=1S/C51H30N4O2/c1-3-12-31(13-4-1)32-22-24-33(25-23-32)49-52-50(54-51(53-49)39-18-11-21-45-48(39)38-17-8-10-20-44(38)56-45)34-26-27-37-41-29-43-40(30-47(41)57-46(37)28-34)36-16-7-9-19-42(36)55(43)35-14-5-2-6-15-35/h1-30H. The Kier molecular flexibility index (Phi) is 6.83. The fourth-order valence-electron chi connectivity index (χ4n) is 8.39. The molecule has 12 rings (SSSR count). The maximum absolute atomic E-state index is 6.67. The Morgan fingerprint density at radius 2 is 0.947 bits per heavy atom. The second-order valence-corrected chi connectivity index (χ2v) is 14.4. The molecule has 8 aromatic carbocycles. The number of hydrogen-bond acceptors (Lipinski definition) is 5. The minimum Gasteiger partial charge on any atom is -0.456 e. The Hall–Kier alpha value is -7.83. The topological polar surface area (TPSA) is 69.9 Å². The summed E-state index contributed by atoms with van der Waals surface area (Å²) in [5.74, 6) is 1.71. The summed E-state index contributed by atoms with van der Waals surface area (Å²) in [6.45, 7) is 0. The van der Waals surface area contributed by atoms with Crippen LogP contribution in [0.5, 0.6) is 0 Å². The smallest absolute Gasteiger partial charge is 0.164 e. The third-order valence-corrected chi connectivity index (χ3v) is 11.1. The SMILES string of the molecule is c1ccc(-c2ccc(-c3nc(-c4ccc5c(c4)oc4cc6c7ccccc7n(-c7ccccc7)c6cc45)nc(-c4cccc5oc6ccccc6c45)n3)cc2)cc1. The van der Waals surface area contributed by atoms with Crippen LogP contribution >= 0.6 is 0 Å². The molecule has 0 atom stereocenters. The predicted molar refractivity (Wildman–Crippen MR) is 230 cm³/mol. The van der Waals surface area contributed by atoms with Gasteiger partial charge in [0.2, 0.25) is 0 Å². The average Bonchev–Trinajstić information content (AvgIpc) is 3.95. The van der Waals surface area contributed by atoms with Gasteiger partial charge in [0.25, 0.3) is 0 Å². The highest BCUT2D eigenvalue weighted by Gasteiger charge is 2.20. The molecular weight excluding hydrogens is 701 g/mol. The molecule has 0 spiro atoms. The molecule has 12 aromatic rings. The van der Waals surface area contributed by atoms with Gasteiger partial charge in [-0.1, -0.05) is 127 Å². The first kappa shape index (κ1) is 31.5. The van der Waals surface area contributed by atoms with Gasteiger partial charge >= 0.3 is 0 Å². The van der Waals surface area contributed by atoms with Gasteiger partial charge in [0.1, 0.15) is 22.3 Å². The first-order chi connectivity index (χ1) is 28.2. The highest BCUT2D eigenvalue weighted by atomic mass is 16.3. The normalized spacial score (nSPS) is 11.9. The molecule has 6 heteroatoms. The van der Waals surface area contributed by atoms with Crippen molar-refractivity contribution in [2.75, 3.05) is 0 Å². The second-order valence-electron chi connectivity index (χ2n) is 14.4. The summed E-state index contributed by atoms with van der Waals surface area (Å²) in [7, 11) is 0. The summed E-state index contributed by atoms with van der Waals surface area (Å²) in [6.07, 6.45) is 0. The van der Waals surface area contributed by atoms with E-state index in [1.54, 1.807) is 0 Å². The Bertz CT molecular complexity index is 3510. The fourth-order valence-corrected chi connectivity index (χ4v) is 8.39. The highest BCUT2D eigenvalue weighted by Crippen LogP contribution is 2.40. The number of hydrogen-bond donors (Lipinski definition) is 0. The molecule has 0 aliphatic carbocycles. The van der Waals surface area contributed by atoms with Crippen molar-refractivity contribution >= 4 is 65.7 Å². The molecule has 0 saturated carbocycles. The number of rotatable bonds is 5. The summed E-state index contributed by atoms with van der Waals surface area (Å²) >= 11 is 0. The quantitative estimate of drug-likeness (QED) is 0.176. The maximum atomic E-state index is 6.67. The van der Waals surface area contributed by atoms with Gasteiger partial charge in [-0.3, -0.25) is 0 Å². The molecule has 266 valence electrons. The van der Waals surface area contributed by atoms with Crippen LogP contribution in [-0.4, -0.2) is 19.5 Å². The van der Waals surface area contributed by atoms with E-state index in [9.17, 15) is 0 Å². The molecule has 0 radical (unpaired) electrons. The monoisotopic (exact) mass is 730 g/mol. The largest absolute Gasteiger partial charge is 0.456 e. The number of fused-ring (bicyclic) bond motifs is 9. The van der Waals surface area contributed by atoms with Gasteiger partial charge in [0.05, 0.1) is 11.0 Å². The second kappa shape index (κ2) is 12.3. The Morgan fingerprint density at radius 3 is 1.79 bits per heavy atom. The van der Waals surface area contributed by atoms with E-state index < -0.39 is 0 Å². The third kappa shape index (κ3) is 5.01. The van der Waals surface area contributed by atoms with Crippen LogP contribution in [0.25, 0.3) is 117 Å². The van der Waals surface area contributed by atoms with Crippen molar-refractivity contribution in [3.63, 3.8) is 0 Å².